The standard InChI is InChI=1S/C14H11N5/c1-8-5-11(9(2)19-18-8)14-16-12-4-3-10(7-15)6-13(12)17-14/h3-6H,1-2H3,(H,16,17). The van der Waals surface area contributed by atoms with Crippen molar-refractivity contribution in [3.63, 3.8) is 0 Å². The van der Waals surface area contributed by atoms with Crippen molar-refractivity contribution in [2.45, 2.75) is 13.8 Å². The first kappa shape index (κ1) is 11.4. The summed E-state index contributed by atoms with van der Waals surface area (Å²) in [7, 11) is 0. The molecule has 1 aromatic carbocycles. The van der Waals surface area contributed by atoms with Gasteiger partial charge in [0, 0.05) is 5.56 Å². The van der Waals surface area contributed by atoms with E-state index in [1.54, 1.807) is 12.1 Å². The van der Waals surface area contributed by atoms with E-state index < -0.39 is 0 Å². The van der Waals surface area contributed by atoms with E-state index in [0.29, 0.717) is 5.56 Å². The minimum absolute atomic E-state index is 0.614. The molecule has 0 saturated heterocycles. The summed E-state index contributed by atoms with van der Waals surface area (Å²) in [6.07, 6.45) is 0. The van der Waals surface area contributed by atoms with Gasteiger partial charge in [-0.25, -0.2) is 4.98 Å². The summed E-state index contributed by atoms with van der Waals surface area (Å²) < 4.78 is 0. The molecule has 5 nitrogen and oxygen atoms in total. The summed E-state index contributed by atoms with van der Waals surface area (Å²) in [6, 6.07) is 9.46. The van der Waals surface area contributed by atoms with Crippen LogP contribution in [0.5, 0.6) is 0 Å². The zero-order valence-electron chi connectivity index (χ0n) is 10.6. The Hall–Kier alpha value is -2.74. The Morgan fingerprint density at radius 3 is 2.79 bits per heavy atom. The molecule has 2 aromatic heterocycles. The van der Waals surface area contributed by atoms with Gasteiger partial charge in [-0.3, -0.25) is 0 Å². The summed E-state index contributed by atoms with van der Waals surface area (Å²) in [6.45, 7) is 3.79. The normalized spacial score (nSPS) is 10.6. The number of benzene rings is 1. The number of fused-ring (bicyclic) bond motifs is 1. The molecule has 5 heteroatoms. The van der Waals surface area contributed by atoms with Gasteiger partial charge in [0.15, 0.2) is 0 Å². The number of rotatable bonds is 1. The number of hydrogen-bond acceptors (Lipinski definition) is 4. The quantitative estimate of drug-likeness (QED) is 0.718. The Bertz CT molecular complexity index is 810. The fourth-order valence-electron chi connectivity index (χ4n) is 2.00. The minimum Gasteiger partial charge on any atom is -0.338 e. The van der Waals surface area contributed by atoms with Gasteiger partial charge >= 0.3 is 0 Å². The molecule has 3 aromatic rings. The maximum Gasteiger partial charge on any atom is 0.140 e. The molecule has 0 radical (unpaired) electrons. The number of imidazole rings is 1. The highest BCUT2D eigenvalue weighted by Crippen LogP contribution is 2.23. The van der Waals surface area contributed by atoms with Gasteiger partial charge in [0.2, 0.25) is 0 Å². The average Bonchev–Trinajstić information content (AvgIpc) is 2.83. The van der Waals surface area contributed by atoms with Gasteiger partial charge in [-0.2, -0.15) is 15.5 Å². The van der Waals surface area contributed by atoms with Gasteiger partial charge in [-0.15, -0.1) is 0 Å². The number of hydrogen-bond donors (Lipinski definition) is 1. The van der Waals surface area contributed by atoms with Crippen LogP contribution in [0.4, 0.5) is 0 Å². The van der Waals surface area contributed by atoms with Crippen molar-refractivity contribution >= 4 is 11.0 Å². The molecule has 1 N–H and O–H groups in total. The summed E-state index contributed by atoms with van der Waals surface area (Å²) in [4.78, 5) is 7.75. The van der Waals surface area contributed by atoms with Crippen molar-refractivity contribution in [2.75, 3.05) is 0 Å². The Kier molecular flexibility index (Phi) is 2.50. The van der Waals surface area contributed by atoms with E-state index in [4.69, 9.17) is 5.26 Å². The number of nitriles is 1. The van der Waals surface area contributed by atoms with Crippen molar-refractivity contribution in [3.8, 4) is 17.5 Å². The summed E-state index contributed by atoms with van der Waals surface area (Å²) >= 11 is 0. The fourth-order valence-corrected chi connectivity index (χ4v) is 2.00. The van der Waals surface area contributed by atoms with Gasteiger partial charge in [0.1, 0.15) is 5.82 Å². The Labute approximate surface area is 109 Å². The van der Waals surface area contributed by atoms with E-state index >= 15 is 0 Å². The van der Waals surface area contributed by atoms with Crippen LogP contribution in [0.25, 0.3) is 22.4 Å². The lowest BCUT2D eigenvalue weighted by atomic mass is 10.2. The monoisotopic (exact) mass is 249 g/mol. The minimum atomic E-state index is 0.614. The molecule has 3 rings (SSSR count). The molecular formula is C14H11N5. The third-order valence-corrected chi connectivity index (χ3v) is 2.97. The molecule has 0 unspecified atom stereocenters. The highest BCUT2D eigenvalue weighted by atomic mass is 15.1. The number of aromatic nitrogens is 4. The van der Waals surface area contributed by atoms with Crippen LogP contribution in [0.3, 0.4) is 0 Å². The second-order valence-corrected chi connectivity index (χ2v) is 4.41. The highest BCUT2D eigenvalue weighted by molar-refractivity contribution is 5.81. The SMILES string of the molecule is Cc1cc(-c2nc3ccc(C#N)cc3[nH]2)c(C)nn1. The van der Waals surface area contributed by atoms with Crippen LogP contribution in [0.15, 0.2) is 24.3 Å². The highest BCUT2D eigenvalue weighted by Gasteiger charge is 2.10. The third-order valence-electron chi connectivity index (χ3n) is 2.97. The zero-order chi connectivity index (χ0) is 13.4. The van der Waals surface area contributed by atoms with Crippen molar-refractivity contribution in [1.29, 1.82) is 5.26 Å². The average molecular weight is 249 g/mol. The lowest BCUT2D eigenvalue weighted by molar-refractivity contribution is 0.940. The van der Waals surface area contributed by atoms with E-state index in [-0.39, 0.29) is 0 Å². The Morgan fingerprint density at radius 2 is 2.00 bits per heavy atom. The first-order valence-corrected chi connectivity index (χ1v) is 5.88. The van der Waals surface area contributed by atoms with Crippen LogP contribution in [0, 0.1) is 25.2 Å². The van der Waals surface area contributed by atoms with Crippen molar-refractivity contribution in [1.82, 2.24) is 20.2 Å². The maximum absolute atomic E-state index is 8.90. The molecule has 2 heterocycles. The molecule has 0 aliphatic carbocycles. The van der Waals surface area contributed by atoms with Crippen molar-refractivity contribution < 1.29 is 0 Å². The van der Waals surface area contributed by atoms with E-state index in [1.165, 1.54) is 0 Å². The van der Waals surface area contributed by atoms with Gasteiger partial charge in [-0.1, -0.05) is 0 Å². The number of nitrogens with zero attached hydrogens (tertiary/aromatic N) is 4. The molecule has 0 saturated carbocycles. The summed E-state index contributed by atoms with van der Waals surface area (Å²) in [5.41, 5.74) is 4.90. The molecule has 0 amide bonds. The zero-order valence-corrected chi connectivity index (χ0v) is 10.6. The molecular weight excluding hydrogens is 238 g/mol. The number of aromatic amines is 1. The molecule has 0 atom stereocenters. The Morgan fingerprint density at radius 1 is 1.16 bits per heavy atom. The van der Waals surface area contributed by atoms with Gasteiger partial charge in [0.25, 0.3) is 0 Å². The summed E-state index contributed by atoms with van der Waals surface area (Å²) in [5.74, 6) is 0.751. The van der Waals surface area contributed by atoms with Crippen LogP contribution in [0.2, 0.25) is 0 Å². The molecule has 0 spiro atoms. The van der Waals surface area contributed by atoms with Crippen molar-refractivity contribution in [2.24, 2.45) is 0 Å². The van der Waals surface area contributed by atoms with E-state index in [1.807, 2.05) is 26.0 Å². The van der Waals surface area contributed by atoms with Crippen LogP contribution >= 0.6 is 0 Å². The van der Waals surface area contributed by atoms with Gasteiger partial charge < -0.3 is 4.98 Å². The van der Waals surface area contributed by atoms with Gasteiger partial charge in [0.05, 0.1) is 34.1 Å². The lowest BCUT2D eigenvalue weighted by Crippen LogP contribution is -1.94. The molecule has 0 aliphatic heterocycles. The van der Waals surface area contributed by atoms with Crippen LogP contribution in [-0.4, -0.2) is 20.2 Å². The second-order valence-electron chi connectivity index (χ2n) is 4.41. The Balaban J connectivity index is 2.21. The van der Waals surface area contributed by atoms with Crippen LogP contribution in [-0.2, 0) is 0 Å². The molecule has 0 bridgehead atoms. The second kappa shape index (κ2) is 4.18. The van der Waals surface area contributed by atoms with E-state index in [9.17, 15) is 0 Å². The smallest absolute Gasteiger partial charge is 0.140 e. The predicted molar refractivity (Wildman–Crippen MR) is 71.3 cm³/mol. The molecule has 0 aliphatic rings. The largest absolute Gasteiger partial charge is 0.338 e. The molecule has 92 valence electrons. The van der Waals surface area contributed by atoms with E-state index in [0.717, 1.165) is 33.8 Å². The van der Waals surface area contributed by atoms with Crippen LogP contribution in [0.1, 0.15) is 17.0 Å². The van der Waals surface area contributed by atoms with E-state index in [2.05, 4.69) is 26.2 Å². The fraction of sp³-hybridized carbons (Fsp3) is 0.143. The maximum atomic E-state index is 8.90. The first-order chi connectivity index (χ1) is 9.17. The molecule has 0 fully saturated rings. The summed E-state index contributed by atoms with van der Waals surface area (Å²) in [5, 5.41) is 17.0. The third kappa shape index (κ3) is 1.93. The number of nitrogens with one attached hydrogen (secondary N) is 1. The number of aryl methyl sites for hydroxylation is 2. The topological polar surface area (TPSA) is 78.2 Å². The number of H-pyrrole nitrogens is 1. The van der Waals surface area contributed by atoms with Gasteiger partial charge in [-0.05, 0) is 38.1 Å². The van der Waals surface area contributed by atoms with Crippen molar-refractivity contribution in [3.05, 3.63) is 41.2 Å². The lowest BCUT2D eigenvalue weighted by Gasteiger charge is -2.01. The predicted octanol–water partition coefficient (Wildman–Crippen LogP) is 2.51. The molecule has 19 heavy (non-hydrogen) atoms. The first-order valence-electron chi connectivity index (χ1n) is 5.88. The van der Waals surface area contributed by atoms with Crippen LogP contribution < -0.4 is 0 Å².